The monoisotopic (exact) mass is 456 g/mol. The molecule has 0 heterocycles. The van der Waals surface area contributed by atoms with Gasteiger partial charge in [-0.15, -0.1) is 0 Å². The number of phenols is 1. The molecule has 0 aliphatic heterocycles. The fourth-order valence-corrected chi connectivity index (χ4v) is 3.13. The minimum Gasteiger partial charge on any atom is -0.508 e. The number of nitrogens with one attached hydrogen (secondary N) is 2. The quantitative estimate of drug-likeness (QED) is 0.451. The van der Waals surface area contributed by atoms with Crippen LogP contribution in [-0.2, 0) is 4.79 Å². The maximum Gasteiger partial charge on any atom is 0.257 e. The molecule has 0 spiro atoms. The summed E-state index contributed by atoms with van der Waals surface area (Å²) in [6, 6.07) is 17.8. The second-order valence-corrected chi connectivity index (χ2v) is 7.37. The topological polar surface area (TPSA) is 87.7 Å². The lowest BCUT2D eigenvalue weighted by Gasteiger charge is -2.09. The molecule has 29 heavy (non-hydrogen) atoms. The molecule has 7 heteroatoms. The van der Waals surface area contributed by atoms with Gasteiger partial charge < -0.3 is 20.5 Å². The standard InChI is InChI=1S/C22H21BrN2O4/c23-18-7-5-16-13-20(8-6-15(16)11-18)29-14-21(27)24-9-2-10-25-22(28)17-3-1-4-19(26)12-17/h1,3-8,11-13,26H,2,9-10,14H2,(H,24,27)(H,25,28). The Morgan fingerprint density at radius 1 is 0.931 bits per heavy atom. The van der Waals surface area contributed by atoms with E-state index in [0.717, 1.165) is 15.2 Å². The Bertz CT molecular complexity index is 1020. The molecule has 6 nitrogen and oxygen atoms in total. The van der Waals surface area contributed by atoms with Crippen molar-refractivity contribution < 1.29 is 19.4 Å². The van der Waals surface area contributed by atoms with Gasteiger partial charge in [-0.05, 0) is 59.7 Å². The average Bonchev–Trinajstić information content (AvgIpc) is 2.71. The van der Waals surface area contributed by atoms with E-state index in [9.17, 15) is 14.7 Å². The summed E-state index contributed by atoms with van der Waals surface area (Å²) in [5, 5.41) is 17.0. The Morgan fingerprint density at radius 2 is 1.69 bits per heavy atom. The number of hydrogen-bond donors (Lipinski definition) is 3. The number of rotatable bonds is 8. The smallest absolute Gasteiger partial charge is 0.257 e. The summed E-state index contributed by atoms with van der Waals surface area (Å²) in [5.74, 6) is 0.191. The first-order valence-electron chi connectivity index (χ1n) is 9.17. The Balaban J connectivity index is 1.35. The van der Waals surface area contributed by atoms with Crippen LogP contribution >= 0.6 is 15.9 Å². The van der Waals surface area contributed by atoms with Crippen molar-refractivity contribution in [3.8, 4) is 11.5 Å². The van der Waals surface area contributed by atoms with Crippen LogP contribution in [0.4, 0.5) is 0 Å². The molecule has 0 atom stereocenters. The van der Waals surface area contributed by atoms with Gasteiger partial charge in [0.1, 0.15) is 11.5 Å². The summed E-state index contributed by atoms with van der Waals surface area (Å²) in [4.78, 5) is 23.9. The maximum atomic E-state index is 11.9. The van der Waals surface area contributed by atoms with Crippen LogP contribution in [0.1, 0.15) is 16.8 Å². The highest BCUT2D eigenvalue weighted by Gasteiger charge is 2.06. The summed E-state index contributed by atoms with van der Waals surface area (Å²) in [5.41, 5.74) is 0.394. The lowest BCUT2D eigenvalue weighted by Crippen LogP contribution is -2.32. The predicted molar refractivity (Wildman–Crippen MR) is 115 cm³/mol. The molecule has 0 fully saturated rings. The zero-order valence-corrected chi connectivity index (χ0v) is 17.2. The minimum absolute atomic E-state index is 0.0456. The van der Waals surface area contributed by atoms with Gasteiger partial charge in [-0.2, -0.15) is 0 Å². The summed E-state index contributed by atoms with van der Waals surface area (Å²) >= 11 is 3.44. The van der Waals surface area contributed by atoms with Crippen LogP contribution in [0.15, 0.2) is 65.1 Å². The Hall–Kier alpha value is -3.06. The van der Waals surface area contributed by atoms with E-state index in [0.29, 0.717) is 30.8 Å². The molecule has 0 aliphatic carbocycles. The molecule has 0 bridgehead atoms. The van der Waals surface area contributed by atoms with Gasteiger partial charge in [0.05, 0.1) is 0 Å². The molecule has 0 unspecified atom stereocenters. The van der Waals surface area contributed by atoms with Gasteiger partial charge in [-0.3, -0.25) is 9.59 Å². The van der Waals surface area contributed by atoms with Crippen molar-refractivity contribution in [3.05, 3.63) is 70.7 Å². The van der Waals surface area contributed by atoms with Crippen LogP contribution in [-0.4, -0.2) is 36.6 Å². The van der Waals surface area contributed by atoms with Crippen molar-refractivity contribution in [2.45, 2.75) is 6.42 Å². The Morgan fingerprint density at radius 3 is 2.52 bits per heavy atom. The third-order valence-electron chi connectivity index (χ3n) is 4.21. The van der Waals surface area contributed by atoms with E-state index in [1.54, 1.807) is 12.1 Å². The first-order valence-corrected chi connectivity index (χ1v) is 9.96. The van der Waals surface area contributed by atoms with Crippen LogP contribution in [0.2, 0.25) is 0 Å². The van der Waals surface area contributed by atoms with Crippen molar-refractivity contribution in [1.29, 1.82) is 0 Å². The number of amides is 2. The number of hydrogen-bond acceptors (Lipinski definition) is 4. The van der Waals surface area contributed by atoms with Gasteiger partial charge in [-0.1, -0.05) is 34.1 Å². The normalized spacial score (nSPS) is 10.5. The van der Waals surface area contributed by atoms with Gasteiger partial charge >= 0.3 is 0 Å². The van der Waals surface area contributed by atoms with Gasteiger partial charge in [0, 0.05) is 23.1 Å². The first-order chi connectivity index (χ1) is 14.0. The molecule has 3 rings (SSSR count). The fourth-order valence-electron chi connectivity index (χ4n) is 2.75. The molecule has 3 N–H and O–H groups in total. The van der Waals surface area contributed by atoms with Crippen molar-refractivity contribution in [3.63, 3.8) is 0 Å². The Labute approximate surface area is 177 Å². The lowest BCUT2D eigenvalue weighted by molar-refractivity contribution is -0.123. The molecule has 0 aliphatic rings. The summed E-state index contributed by atoms with van der Waals surface area (Å²) in [6.45, 7) is 0.766. The van der Waals surface area contributed by atoms with Crippen LogP contribution in [0, 0.1) is 0 Å². The van der Waals surface area contributed by atoms with Gasteiger partial charge in [-0.25, -0.2) is 0 Å². The van der Waals surface area contributed by atoms with Crippen molar-refractivity contribution in [2.75, 3.05) is 19.7 Å². The molecular formula is C22H21BrN2O4. The number of aromatic hydroxyl groups is 1. The fraction of sp³-hybridized carbons (Fsp3) is 0.182. The summed E-state index contributed by atoms with van der Waals surface area (Å²) in [6.07, 6.45) is 0.584. The predicted octanol–water partition coefficient (Wildman–Crippen LogP) is 3.62. The van der Waals surface area contributed by atoms with Crippen molar-refractivity contribution in [1.82, 2.24) is 10.6 Å². The van der Waals surface area contributed by atoms with Crippen LogP contribution in [0.5, 0.6) is 11.5 Å². The van der Waals surface area contributed by atoms with Crippen molar-refractivity contribution >= 4 is 38.5 Å². The minimum atomic E-state index is -0.265. The average molecular weight is 457 g/mol. The third-order valence-corrected chi connectivity index (χ3v) is 4.71. The van der Waals surface area contributed by atoms with E-state index in [1.807, 2.05) is 36.4 Å². The number of halogens is 1. The molecule has 0 saturated heterocycles. The number of benzene rings is 3. The van der Waals surface area contributed by atoms with E-state index in [-0.39, 0.29) is 24.2 Å². The molecule has 2 amide bonds. The van der Waals surface area contributed by atoms with E-state index >= 15 is 0 Å². The largest absolute Gasteiger partial charge is 0.508 e. The number of carbonyl (C=O) groups excluding carboxylic acids is 2. The second kappa shape index (κ2) is 9.93. The van der Waals surface area contributed by atoms with E-state index in [2.05, 4.69) is 26.6 Å². The highest BCUT2D eigenvalue weighted by Crippen LogP contribution is 2.24. The number of phenolic OH excluding ortho intramolecular Hbond substituents is 1. The van der Waals surface area contributed by atoms with E-state index in [1.165, 1.54) is 12.1 Å². The van der Waals surface area contributed by atoms with Crippen LogP contribution in [0.25, 0.3) is 10.8 Å². The molecule has 0 radical (unpaired) electrons. The summed E-state index contributed by atoms with van der Waals surface area (Å²) < 4.78 is 6.56. The maximum absolute atomic E-state index is 11.9. The number of carbonyl (C=O) groups is 2. The molecule has 3 aromatic rings. The summed E-state index contributed by atoms with van der Waals surface area (Å²) in [7, 11) is 0. The zero-order valence-electron chi connectivity index (χ0n) is 15.7. The third kappa shape index (κ3) is 6.22. The first kappa shape index (κ1) is 20.7. The van der Waals surface area contributed by atoms with Crippen molar-refractivity contribution in [2.24, 2.45) is 0 Å². The molecule has 0 saturated carbocycles. The molecular weight excluding hydrogens is 436 g/mol. The van der Waals surface area contributed by atoms with Gasteiger partial charge in [0.25, 0.3) is 11.8 Å². The van der Waals surface area contributed by atoms with Gasteiger partial charge in [0.15, 0.2) is 6.61 Å². The highest BCUT2D eigenvalue weighted by atomic mass is 79.9. The highest BCUT2D eigenvalue weighted by molar-refractivity contribution is 9.10. The van der Waals surface area contributed by atoms with E-state index < -0.39 is 0 Å². The van der Waals surface area contributed by atoms with Crippen LogP contribution < -0.4 is 15.4 Å². The molecule has 3 aromatic carbocycles. The lowest BCUT2D eigenvalue weighted by atomic mass is 10.1. The van der Waals surface area contributed by atoms with Gasteiger partial charge in [0.2, 0.25) is 0 Å². The zero-order chi connectivity index (χ0) is 20.6. The SMILES string of the molecule is O=C(COc1ccc2cc(Br)ccc2c1)NCCCNC(=O)c1cccc(O)c1. The van der Waals surface area contributed by atoms with E-state index in [4.69, 9.17) is 4.74 Å². The van der Waals surface area contributed by atoms with Crippen LogP contribution in [0.3, 0.4) is 0 Å². The molecule has 150 valence electrons. The molecule has 0 aromatic heterocycles. The second-order valence-electron chi connectivity index (χ2n) is 6.45. The number of fused-ring (bicyclic) bond motifs is 1. The number of ether oxygens (including phenoxy) is 1. The Kier molecular flexibility index (Phi) is 7.08.